The van der Waals surface area contributed by atoms with Gasteiger partial charge in [-0.1, -0.05) is 29.8 Å². The molecule has 0 bridgehead atoms. The predicted octanol–water partition coefficient (Wildman–Crippen LogP) is 4.30. The van der Waals surface area contributed by atoms with Crippen LogP contribution in [0.2, 0.25) is 5.02 Å². The van der Waals surface area contributed by atoms with E-state index in [-0.39, 0.29) is 11.9 Å². The van der Waals surface area contributed by atoms with Gasteiger partial charge in [-0.05, 0) is 50.6 Å². The van der Waals surface area contributed by atoms with Crippen LogP contribution in [0.15, 0.2) is 42.5 Å². The number of carbonyl (C=O) groups is 1. The Labute approximate surface area is 147 Å². The van der Waals surface area contributed by atoms with Gasteiger partial charge in [0.05, 0.1) is 13.2 Å². The minimum atomic E-state index is -0.622. The highest BCUT2D eigenvalue weighted by atomic mass is 35.5. The van der Waals surface area contributed by atoms with Gasteiger partial charge in [0.25, 0.3) is 5.91 Å². The highest BCUT2D eigenvalue weighted by molar-refractivity contribution is 6.31. The van der Waals surface area contributed by atoms with Gasteiger partial charge in [0.2, 0.25) is 0 Å². The Morgan fingerprint density at radius 1 is 1.17 bits per heavy atom. The van der Waals surface area contributed by atoms with Crippen molar-refractivity contribution in [2.45, 2.75) is 32.9 Å². The second-order valence-corrected chi connectivity index (χ2v) is 6.05. The van der Waals surface area contributed by atoms with Gasteiger partial charge >= 0.3 is 0 Å². The fourth-order valence-electron chi connectivity index (χ4n) is 2.38. The number of halogens is 1. The highest BCUT2D eigenvalue weighted by Crippen LogP contribution is 2.25. The fraction of sp³-hybridized carbons (Fsp3) is 0.316. The molecule has 0 saturated heterocycles. The highest BCUT2D eigenvalue weighted by Gasteiger charge is 2.19. The molecule has 24 heavy (non-hydrogen) atoms. The Bertz CT molecular complexity index is 718. The van der Waals surface area contributed by atoms with Gasteiger partial charge in [0, 0.05) is 10.6 Å². The van der Waals surface area contributed by atoms with Crippen LogP contribution in [0.25, 0.3) is 0 Å². The van der Waals surface area contributed by atoms with Gasteiger partial charge in [0.1, 0.15) is 11.5 Å². The topological polar surface area (TPSA) is 47.6 Å². The van der Waals surface area contributed by atoms with E-state index in [4.69, 9.17) is 21.1 Å². The van der Waals surface area contributed by atoms with Crippen LogP contribution in [0.3, 0.4) is 0 Å². The third-order valence-corrected chi connectivity index (χ3v) is 4.20. The molecule has 2 atom stereocenters. The van der Waals surface area contributed by atoms with Gasteiger partial charge in [-0.25, -0.2) is 0 Å². The van der Waals surface area contributed by atoms with Gasteiger partial charge < -0.3 is 14.8 Å². The van der Waals surface area contributed by atoms with Crippen molar-refractivity contribution in [3.05, 3.63) is 58.6 Å². The number of rotatable bonds is 6. The average molecular weight is 348 g/mol. The number of ether oxygens (including phenoxy) is 2. The van der Waals surface area contributed by atoms with Crippen LogP contribution in [0.1, 0.15) is 31.0 Å². The number of aryl methyl sites for hydroxylation is 1. The molecule has 0 aliphatic rings. The van der Waals surface area contributed by atoms with Crippen molar-refractivity contribution in [2.75, 3.05) is 7.11 Å². The largest absolute Gasteiger partial charge is 0.496 e. The van der Waals surface area contributed by atoms with Gasteiger partial charge in [-0.15, -0.1) is 0 Å². The van der Waals surface area contributed by atoms with Crippen LogP contribution >= 0.6 is 11.6 Å². The van der Waals surface area contributed by atoms with Crippen molar-refractivity contribution in [3.8, 4) is 11.5 Å². The molecule has 2 unspecified atom stereocenters. The van der Waals surface area contributed by atoms with E-state index in [1.54, 1.807) is 26.2 Å². The lowest BCUT2D eigenvalue weighted by Gasteiger charge is -2.20. The Morgan fingerprint density at radius 2 is 1.88 bits per heavy atom. The van der Waals surface area contributed by atoms with Gasteiger partial charge in [-0.2, -0.15) is 0 Å². The summed E-state index contributed by atoms with van der Waals surface area (Å²) in [6.45, 7) is 5.52. The molecule has 2 aromatic carbocycles. The van der Waals surface area contributed by atoms with Gasteiger partial charge in [-0.3, -0.25) is 4.79 Å². The van der Waals surface area contributed by atoms with Crippen molar-refractivity contribution in [1.29, 1.82) is 0 Å². The molecule has 0 aliphatic heterocycles. The van der Waals surface area contributed by atoms with Gasteiger partial charge in [0.15, 0.2) is 6.10 Å². The number of amides is 1. The van der Waals surface area contributed by atoms with E-state index in [0.717, 1.165) is 16.9 Å². The summed E-state index contributed by atoms with van der Waals surface area (Å²) in [5.74, 6) is 1.16. The molecular weight excluding hydrogens is 326 g/mol. The van der Waals surface area contributed by atoms with Crippen LogP contribution in [-0.4, -0.2) is 19.1 Å². The number of benzene rings is 2. The summed E-state index contributed by atoms with van der Waals surface area (Å²) in [4.78, 5) is 12.4. The Balaban J connectivity index is 2.01. The second-order valence-electron chi connectivity index (χ2n) is 5.64. The predicted molar refractivity (Wildman–Crippen MR) is 95.8 cm³/mol. The molecule has 0 spiro atoms. The lowest BCUT2D eigenvalue weighted by molar-refractivity contribution is -0.127. The Hall–Kier alpha value is -2.20. The number of para-hydroxylation sites is 1. The molecule has 128 valence electrons. The summed E-state index contributed by atoms with van der Waals surface area (Å²) in [5, 5.41) is 3.62. The molecule has 0 radical (unpaired) electrons. The van der Waals surface area contributed by atoms with E-state index in [2.05, 4.69) is 5.32 Å². The third-order valence-electron chi connectivity index (χ3n) is 3.78. The number of methoxy groups -OCH3 is 1. The quantitative estimate of drug-likeness (QED) is 0.847. The maximum Gasteiger partial charge on any atom is 0.261 e. The fourth-order valence-corrected chi connectivity index (χ4v) is 2.50. The lowest BCUT2D eigenvalue weighted by atomic mass is 10.1. The summed E-state index contributed by atoms with van der Waals surface area (Å²) < 4.78 is 11.0. The molecule has 4 nitrogen and oxygen atoms in total. The van der Waals surface area contributed by atoms with E-state index in [9.17, 15) is 4.79 Å². The Kier molecular flexibility index (Phi) is 6.10. The summed E-state index contributed by atoms with van der Waals surface area (Å²) in [6.07, 6.45) is -0.622. The number of hydrogen-bond acceptors (Lipinski definition) is 3. The molecular formula is C19H22ClNO3. The van der Waals surface area contributed by atoms with Crippen LogP contribution < -0.4 is 14.8 Å². The zero-order valence-corrected chi connectivity index (χ0v) is 15.1. The molecule has 1 N–H and O–H groups in total. The molecule has 0 saturated carbocycles. The van der Waals surface area contributed by atoms with E-state index in [1.807, 2.05) is 44.2 Å². The van der Waals surface area contributed by atoms with E-state index < -0.39 is 6.10 Å². The van der Waals surface area contributed by atoms with E-state index in [1.165, 1.54) is 0 Å². The zero-order valence-electron chi connectivity index (χ0n) is 14.3. The molecule has 2 aromatic rings. The van der Waals surface area contributed by atoms with Crippen molar-refractivity contribution < 1.29 is 14.3 Å². The van der Waals surface area contributed by atoms with Crippen LogP contribution in [0, 0.1) is 6.92 Å². The molecule has 2 rings (SSSR count). The standard InChI is InChI=1S/C19H22ClNO3/c1-12-11-15(9-10-17(12)20)24-14(3)19(22)21-13(2)16-7-5-6-8-18(16)23-4/h5-11,13-14H,1-4H3,(H,21,22). The molecule has 0 aromatic heterocycles. The summed E-state index contributed by atoms with van der Waals surface area (Å²) in [6, 6.07) is 12.7. The minimum Gasteiger partial charge on any atom is -0.496 e. The van der Waals surface area contributed by atoms with Crippen molar-refractivity contribution in [3.63, 3.8) is 0 Å². The molecule has 5 heteroatoms. The van der Waals surface area contributed by atoms with Crippen molar-refractivity contribution in [2.24, 2.45) is 0 Å². The third kappa shape index (κ3) is 4.42. The monoisotopic (exact) mass is 347 g/mol. The lowest BCUT2D eigenvalue weighted by Crippen LogP contribution is -2.37. The maximum atomic E-state index is 12.4. The first kappa shape index (κ1) is 18.1. The maximum absolute atomic E-state index is 12.4. The van der Waals surface area contributed by atoms with Crippen molar-refractivity contribution in [1.82, 2.24) is 5.32 Å². The average Bonchev–Trinajstić information content (AvgIpc) is 2.57. The summed E-state index contributed by atoms with van der Waals surface area (Å²) >= 11 is 6.00. The smallest absolute Gasteiger partial charge is 0.261 e. The summed E-state index contributed by atoms with van der Waals surface area (Å²) in [7, 11) is 1.61. The molecule has 0 fully saturated rings. The number of hydrogen-bond donors (Lipinski definition) is 1. The molecule has 0 aliphatic carbocycles. The van der Waals surface area contributed by atoms with Crippen LogP contribution in [0.5, 0.6) is 11.5 Å². The zero-order chi connectivity index (χ0) is 17.7. The number of nitrogens with one attached hydrogen (secondary N) is 1. The van der Waals surface area contributed by atoms with E-state index in [0.29, 0.717) is 10.8 Å². The Morgan fingerprint density at radius 3 is 2.54 bits per heavy atom. The minimum absolute atomic E-state index is 0.188. The first-order chi connectivity index (χ1) is 11.4. The first-order valence-corrected chi connectivity index (χ1v) is 8.16. The van der Waals surface area contributed by atoms with E-state index >= 15 is 0 Å². The second kappa shape index (κ2) is 8.06. The first-order valence-electron chi connectivity index (χ1n) is 7.78. The molecule has 0 heterocycles. The summed E-state index contributed by atoms with van der Waals surface area (Å²) in [5.41, 5.74) is 1.83. The molecule has 1 amide bonds. The van der Waals surface area contributed by atoms with Crippen molar-refractivity contribution >= 4 is 17.5 Å². The van der Waals surface area contributed by atoms with Crippen LogP contribution in [0.4, 0.5) is 0 Å². The van der Waals surface area contributed by atoms with Crippen LogP contribution in [-0.2, 0) is 4.79 Å². The SMILES string of the molecule is COc1ccccc1C(C)NC(=O)C(C)Oc1ccc(Cl)c(C)c1. The number of carbonyl (C=O) groups excluding carboxylic acids is 1. The normalized spacial score (nSPS) is 13.0.